The number of unbranched alkanes of at least 4 members (excludes halogenated alkanes) is 4. The van der Waals surface area contributed by atoms with E-state index in [1.807, 2.05) is 54.6 Å². The molecule has 35 heavy (non-hydrogen) atoms. The summed E-state index contributed by atoms with van der Waals surface area (Å²) in [4.78, 5) is 26.6. The smallest absolute Gasteiger partial charge is 0.258 e. The number of rotatable bonds is 13. The molecule has 0 fully saturated rings. The molecule has 3 aromatic carbocycles. The molecule has 0 heterocycles. The van der Waals surface area contributed by atoms with E-state index in [9.17, 15) is 9.59 Å². The van der Waals surface area contributed by atoms with Gasteiger partial charge < -0.3 is 20.3 Å². The summed E-state index contributed by atoms with van der Waals surface area (Å²) < 4.78 is 5.77. The Morgan fingerprint density at radius 2 is 1.46 bits per heavy atom. The summed E-state index contributed by atoms with van der Waals surface area (Å²) in [6.07, 6.45) is 6.03. The van der Waals surface area contributed by atoms with E-state index in [4.69, 9.17) is 4.74 Å². The maximum Gasteiger partial charge on any atom is 0.258 e. The number of hydrogen-bond donors (Lipinski definition) is 2. The number of nitrogens with one attached hydrogen (secondary N) is 2. The van der Waals surface area contributed by atoms with Crippen LogP contribution < -0.4 is 20.3 Å². The molecule has 2 amide bonds. The van der Waals surface area contributed by atoms with Gasteiger partial charge in [0.05, 0.1) is 13.2 Å². The second-order valence-electron chi connectivity index (χ2n) is 8.47. The highest BCUT2D eigenvalue weighted by molar-refractivity contribution is 6.05. The van der Waals surface area contributed by atoms with Crippen molar-refractivity contribution in [2.45, 2.75) is 39.0 Å². The van der Waals surface area contributed by atoms with Crippen LogP contribution in [-0.4, -0.2) is 32.0 Å². The monoisotopic (exact) mass is 473 g/mol. The van der Waals surface area contributed by atoms with Crippen molar-refractivity contribution in [3.05, 3.63) is 84.4 Å². The average molecular weight is 474 g/mol. The number of nitrogens with zero attached hydrogens (tertiary/aromatic N) is 1. The second-order valence-corrected chi connectivity index (χ2v) is 8.47. The van der Waals surface area contributed by atoms with Crippen LogP contribution in [-0.2, 0) is 4.79 Å². The van der Waals surface area contributed by atoms with Crippen LogP contribution in [0.15, 0.2) is 78.9 Å². The highest BCUT2D eigenvalue weighted by atomic mass is 16.5. The quantitative estimate of drug-likeness (QED) is 0.283. The Morgan fingerprint density at radius 1 is 0.800 bits per heavy atom. The Bertz CT molecular complexity index is 1050. The molecule has 0 radical (unpaired) electrons. The number of benzene rings is 3. The molecule has 3 aromatic rings. The van der Waals surface area contributed by atoms with Gasteiger partial charge in [0.15, 0.2) is 0 Å². The Labute approximate surface area is 208 Å². The molecule has 0 aliphatic rings. The summed E-state index contributed by atoms with van der Waals surface area (Å²) in [5, 5.41) is 5.97. The van der Waals surface area contributed by atoms with E-state index in [1.165, 1.54) is 25.7 Å². The minimum atomic E-state index is -0.154. The minimum Gasteiger partial charge on any atom is -0.494 e. The fourth-order valence-corrected chi connectivity index (χ4v) is 3.61. The molecule has 0 aliphatic heterocycles. The first-order valence-corrected chi connectivity index (χ1v) is 12.3. The number of anilines is 3. The molecule has 0 aliphatic carbocycles. The van der Waals surface area contributed by atoms with Gasteiger partial charge in [0.2, 0.25) is 5.91 Å². The zero-order valence-electron chi connectivity index (χ0n) is 20.6. The Hall–Kier alpha value is -3.80. The van der Waals surface area contributed by atoms with Gasteiger partial charge in [-0.05, 0) is 67.1 Å². The Morgan fingerprint density at radius 3 is 2.14 bits per heavy atom. The summed E-state index contributed by atoms with van der Waals surface area (Å²) in [5.74, 6) is 0.562. The number of ether oxygens (including phenoxy) is 1. The highest BCUT2D eigenvalue weighted by Gasteiger charge is 2.13. The van der Waals surface area contributed by atoms with Gasteiger partial charge in [-0.1, -0.05) is 50.8 Å². The van der Waals surface area contributed by atoms with Gasteiger partial charge in [0.1, 0.15) is 5.75 Å². The van der Waals surface area contributed by atoms with Crippen LogP contribution in [0.5, 0.6) is 5.75 Å². The SMILES string of the molecule is CCCCCCCOc1ccc(NC(=O)CNc2ccc(C(=O)N(C)c3ccccc3)cc2)cc1. The number of para-hydroxylation sites is 1. The molecule has 6 nitrogen and oxygen atoms in total. The van der Waals surface area contributed by atoms with Crippen LogP contribution in [0.3, 0.4) is 0 Å². The lowest BCUT2D eigenvalue weighted by molar-refractivity contribution is -0.114. The van der Waals surface area contributed by atoms with Crippen molar-refractivity contribution in [1.82, 2.24) is 0 Å². The minimum absolute atomic E-state index is 0.0931. The van der Waals surface area contributed by atoms with Crippen LogP contribution >= 0.6 is 0 Å². The van der Waals surface area contributed by atoms with E-state index < -0.39 is 0 Å². The summed E-state index contributed by atoms with van der Waals surface area (Å²) in [6.45, 7) is 3.04. The normalized spacial score (nSPS) is 10.5. The molecule has 0 spiro atoms. The zero-order chi connectivity index (χ0) is 24.9. The maximum absolute atomic E-state index is 12.7. The molecule has 0 aromatic heterocycles. The van der Waals surface area contributed by atoms with Gasteiger partial charge in [-0.15, -0.1) is 0 Å². The third kappa shape index (κ3) is 8.49. The standard InChI is InChI=1S/C29H35N3O3/c1-3-4-5-6-10-21-35-27-19-17-25(18-20-27)31-28(33)22-30-24-15-13-23(14-16-24)29(34)32(2)26-11-8-7-9-12-26/h7-9,11-20,30H,3-6,10,21-22H2,1-2H3,(H,31,33). The number of carbonyl (C=O) groups is 2. The number of hydrogen-bond acceptors (Lipinski definition) is 4. The van der Waals surface area contributed by atoms with Crippen LogP contribution in [0.25, 0.3) is 0 Å². The largest absolute Gasteiger partial charge is 0.494 e. The van der Waals surface area contributed by atoms with Gasteiger partial charge in [0.25, 0.3) is 5.91 Å². The number of amides is 2. The highest BCUT2D eigenvalue weighted by Crippen LogP contribution is 2.18. The fourth-order valence-electron chi connectivity index (χ4n) is 3.61. The average Bonchev–Trinajstić information content (AvgIpc) is 2.90. The van der Waals surface area contributed by atoms with Gasteiger partial charge in [0, 0.05) is 29.7 Å². The first-order chi connectivity index (χ1) is 17.1. The van der Waals surface area contributed by atoms with Crippen molar-refractivity contribution in [3.63, 3.8) is 0 Å². The molecule has 0 atom stereocenters. The molecule has 0 unspecified atom stereocenters. The lowest BCUT2D eigenvalue weighted by Crippen LogP contribution is -2.26. The molecular formula is C29H35N3O3. The van der Waals surface area contributed by atoms with Crippen molar-refractivity contribution >= 4 is 28.9 Å². The Kier molecular flexibility index (Phi) is 10.2. The molecule has 0 bridgehead atoms. The maximum atomic E-state index is 12.7. The lowest BCUT2D eigenvalue weighted by Gasteiger charge is -2.17. The molecule has 0 saturated carbocycles. The molecule has 3 rings (SSSR count). The zero-order valence-corrected chi connectivity index (χ0v) is 20.6. The lowest BCUT2D eigenvalue weighted by atomic mass is 10.1. The third-order valence-corrected chi connectivity index (χ3v) is 5.69. The van der Waals surface area contributed by atoms with Gasteiger partial charge in [-0.25, -0.2) is 0 Å². The molecular weight excluding hydrogens is 438 g/mol. The van der Waals surface area contributed by atoms with Crippen LogP contribution in [0, 0.1) is 0 Å². The molecule has 0 saturated heterocycles. The van der Waals surface area contributed by atoms with E-state index in [2.05, 4.69) is 17.6 Å². The fraction of sp³-hybridized carbons (Fsp3) is 0.310. The topological polar surface area (TPSA) is 70.7 Å². The van der Waals surface area contributed by atoms with Gasteiger partial charge >= 0.3 is 0 Å². The van der Waals surface area contributed by atoms with E-state index in [0.29, 0.717) is 12.2 Å². The van der Waals surface area contributed by atoms with E-state index in [1.54, 1.807) is 36.2 Å². The molecule has 184 valence electrons. The predicted octanol–water partition coefficient (Wildman–Crippen LogP) is 6.36. The van der Waals surface area contributed by atoms with Crippen LogP contribution in [0.2, 0.25) is 0 Å². The predicted molar refractivity (Wildman–Crippen MR) is 143 cm³/mol. The van der Waals surface area contributed by atoms with E-state index in [0.717, 1.165) is 29.2 Å². The van der Waals surface area contributed by atoms with Crippen molar-refractivity contribution in [2.75, 3.05) is 35.7 Å². The summed E-state index contributed by atoms with van der Waals surface area (Å²) >= 11 is 0. The number of carbonyl (C=O) groups excluding carboxylic acids is 2. The molecule has 2 N–H and O–H groups in total. The summed E-state index contributed by atoms with van der Waals surface area (Å²) in [5.41, 5.74) is 2.90. The molecule has 6 heteroatoms. The Balaban J connectivity index is 1.40. The third-order valence-electron chi connectivity index (χ3n) is 5.69. The van der Waals surface area contributed by atoms with Crippen molar-refractivity contribution in [2.24, 2.45) is 0 Å². The van der Waals surface area contributed by atoms with Crippen molar-refractivity contribution in [3.8, 4) is 5.75 Å². The van der Waals surface area contributed by atoms with Crippen LogP contribution in [0.1, 0.15) is 49.4 Å². The first kappa shape index (κ1) is 25.8. The second kappa shape index (κ2) is 13.8. The van der Waals surface area contributed by atoms with Gasteiger partial charge in [-0.3, -0.25) is 9.59 Å². The van der Waals surface area contributed by atoms with Gasteiger partial charge in [-0.2, -0.15) is 0 Å². The first-order valence-electron chi connectivity index (χ1n) is 12.3. The van der Waals surface area contributed by atoms with Crippen molar-refractivity contribution < 1.29 is 14.3 Å². The van der Waals surface area contributed by atoms with E-state index in [-0.39, 0.29) is 18.4 Å². The summed E-state index contributed by atoms with van der Waals surface area (Å²) in [6, 6.07) is 24.0. The van der Waals surface area contributed by atoms with Crippen molar-refractivity contribution in [1.29, 1.82) is 0 Å². The summed E-state index contributed by atoms with van der Waals surface area (Å²) in [7, 11) is 1.75. The van der Waals surface area contributed by atoms with E-state index >= 15 is 0 Å². The van der Waals surface area contributed by atoms with Crippen LogP contribution in [0.4, 0.5) is 17.1 Å².